The molecule has 2 atom stereocenters. The Morgan fingerprint density at radius 1 is 0.850 bits per heavy atom. The Morgan fingerprint density at radius 3 is 2.52 bits per heavy atom. The average molecular weight is 557 g/mol. The zero-order valence-corrected chi connectivity index (χ0v) is 23.9. The third-order valence-corrected chi connectivity index (χ3v) is 8.67. The first-order chi connectivity index (χ1) is 19.7. The normalized spacial score (nSPS) is 14.3. The van der Waals surface area contributed by atoms with Gasteiger partial charge in [0, 0.05) is 23.1 Å². The van der Waals surface area contributed by atoms with Gasteiger partial charge >= 0.3 is 0 Å². The van der Waals surface area contributed by atoms with Gasteiger partial charge in [0.2, 0.25) is 0 Å². The second-order valence-corrected chi connectivity index (χ2v) is 11.2. The first kappa shape index (κ1) is 26.7. The fourth-order valence-electron chi connectivity index (χ4n) is 5.59. The smallest absolute Gasteiger partial charge is 0.176 e. The number of hydrogen-bond acceptors (Lipinski definition) is 7. The van der Waals surface area contributed by atoms with Crippen LogP contribution in [0.2, 0.25) is 0 Å². The van der Waals surface area contributed by atoms with Gasteiger partial charge in [0.05, 0.1) is 12.5 Å². The van der Waals surface area contributed by atoms with Crippen LogP contribution >= 0.6 is 11.3 Å². The van der Waals surface area contributed by atoms with Crippen LogP contribution in [0.15, 0.2) is 81.3 Å². The number of aryl methyl sites for hydroxylation is 1. The standard InChI is InChI=1S/C33H36N2O4S/c1-34-16-13-29(28-10-5-18-36-28)39-31-12-11-24(26-15-19-37-33(26)31)23-20-32(40-21-23)30(14-17-35-2)38-27-9-4-7-22-6-3-8-25(22)27/h4-5,7,9-12,15,18-21,29-30,34-35H,3,6,8,13-14,16-17H2,1-2H3. The van der Waals surface area contributed by atoms with E-state index in [9.17, 15) is 0 Å². The van der Waals surface area contributed by atoms with E-state index >= 15 is 0 Å². The van der Waals surface area contributed by atoms with Crippen molar-refractivity contribution >= 4 is 22.3 Å². The lowest BCUT2D eigenvalue weighted by Crippen LogP contribution is -2.16. The predicted molar refractivity (Wildman–Crippen MR) is 161 cm³/mol. The van der Waals surface area contributed by atoms with Crippen LogP contribution in [0, 0.1) is 0 Å². The summed E-state index contributed by atoms with van der Waals surface area (Å²) in [6.45, 7) is 1.69. The minimum absolute atomic E-state index is 0.0121. The van der Waals surface area contributed by atoms with Crippen molar-refractivity contribution in [3.8, 4) is 22.6 Å². The molecule has 1 aliphatic carbocycles. The third-order valence-electron chi connectivity index (χ3n) is 7.64. The Kier molecular flexibility index (Phi) is 8.23. The number of rotatable bonds is 13. The van der Waals surface area contributed by atoms with Gasteiger partial charge in [0.15, 0.2) is 17.4 Å². The van der Waals surface area contributed by atoms with Gasteiger partial charge in [-0.3, -0.25) is 0 Å². The Hall–Kier alpha value is -3.52. The molecule has 208 valence electrons. The first-order valence-electron chi connectivity index (χ1n) is 14.1. The maximum Gasteiger partial charge on any atom is 0.176 e. The number of benzene rings is 2. The minimum Gasteiger partial charge on any atom is -0.485 e. The summed E-state index contributed by atoms with van der Waals surface area (Å²) in [6, 6.07) is 18.8. The van der Waals surface area contributed by atoms with E-state index in [1.807, 2.05) is 38.4 Å². The molecule has 2 aromatic carbocycles. The summed E-state index contributed by atoms with van der Waals surface area (Å²) in [5.74, 6) is 2.55. The Labute approximate surface area is 239 Å². The number of fused-ring (bicyclic) bond motifs is 2. The largest absolute Gasteiger partial charge is 0.485 e. The van der Waals surface area contributed by atoms with Crippen LogP contribution in [-0.2, 0) is 12.8 Å². The van der Waals surface area contributed by atoms with E-state index in [4.69, 9.17) is 18.3 Å². The van der Waals surface area contributed by atoms with Gasteiger partial charge < -0.3 is 28.9 Å². The van der Waals surface area contributed by atoms with E-state index < -0.39 is 0 Å². The quantitative estimate of drug-likeness (QED) is 0.155. The maximum absolute atomic E-state index is 6.72. The Bertz CT molecular complexity index is 1540. The number of ether oxygens (including phenoxy) is 2. The van der Waals surface area contributed by atoms with Crippen LogP contribution < -0.4 is 20.1 Å². The molecule has 0 amide bonds. The molecule has 0 spiro atoms. The summed E-state index contributed by atoms with van der Waals surface area (Å²) in [5.41, 5.74) is 5.84. The maximum atomic E-state index is 6.72. The predicted octanol–water partition coefficient (Wildman–Crippen LogP) is 7.70. The second-order valence-electron chi connectivity index (χ2n) is 10.3. The van der Waals surface area contributed by atoms with Gasteiger partial charge in [0.25, 0.3) is 0 Å². The molecule has 0 fully saturated rings. The molecule has 7 heteroatoms. The highest BCUT2D eigenvalue weighted by Gasteiger charge is 2.23. The van der Waals surface area contributed by atoms with Crippen LogP contribution in [0.25, 0.3) is 22.1 Å². The number of furan rings is 2. The molecule has 0 saturated heterocycles. The van der Waals surface area contributed by atoms with Crippen molar-refractivity contribution in [1.82, 2.24) is 10.6 Å². The molecule has 2 N–H and O–H groups in total. The van der Waals surface area contributed by atoms with Crippen molar-refractivity contribution < 1.29 is 18.3 Å². The van der Waals surface area contributed by atoms with Crippen molar-refractivity contribution in [3.63, 3.8) is 0 Å². The molecule has 0 saturated carbocycles. The van der Waals surface area contributed by atoms with Crippen molar-refractivity contribution in [2.75, 3.05) is 27.2 Å². The van der Waals surface area contributed by atoms with Crippen molar-refractivity contribution in [1.29, 1.82) is 0 Å². The number of thiophene rings is 1. The fourth-order valence-corrected chi connectivity index (χ4v) is 6.56. The summed E-state index contributed by atoms with van der Waals surface area (Å²) in [5, 5.41) is 9.75. The monoisotopic (exact) mass is 556 g/mol. The van der Waals surface area contributed by atoms with Gasteiger partial charge in [0.1, 0.15) is 17.6 Å². The lowest BCUT2D eigenvalue weighted by Gasteiger charge is -2.20. The SMILES string of the molecule is CNCCC(Oc1ccc(-c2csc(C(CCNC)Oc3cccc4c3CCC4)c2)c2ccoc12)c1ccco1. The first-order valence-corrected chi connectivity index (χ1v) is 15.0. The van der Waals surface area contributed by atoms with Crippen molar-refractivity contribution in [2.24, 2.45) is 0 Å². The van der Waals surface area contributed by atoms with Gasteiger partial charge in [-0.05, 0) is 117 Å². The summed E-state index contributed by atoms with van der Waals surface area (Å²) >= 11 is 1.75. The van der Waals surface area contributed by atoms with Gasteiger partial charge in [-0.2, -0.15) is 0 Å². The lowest BCUT2D eigenvalue weighted by atomic mass is 10.0. The van der Waals surface area contributed by atoms with E-state index in [-0.39, 0.29) is 12.2 Å². The zero-order valence-electron chi connectivity index (χ0n) is 23.1. The minimum atomic E-state index is -0.209. The number of hydrogen-bond donors (Lipinski definition) is 2. The van der Waals surface area contributed by atoms with E-state index in [2.05, 4.69) is 46.3 Å². The zero-order chi connectivity index (χ0) is 27.3. The van der Waals surface area contributed by atoms with E-state index in [1.54, 1.807) is 23.9 Å². The van der Waals surface area contributed by atoms with Gasteiger partial charge in [-0.15, -0.1) is 11.3 Å². The molecule has 0 bridgehead atoms. The summed E-state index contributed by atoms with van der Waals surface area (Å²) in [7, 11) is 3.93. The molecule has 2 unspecified atom stereocenters. The summed E-state index contributed by atoms with van der Waals surface area (Å²) < 4.78 is 24.8. The molecule has 5 aromatic rings. The molecular formula is C33H36N2O4S. The number of nitrogens with one attached hydrogen (secondary N) is 2. The van der Waals surface area contributed by atoms with E-state index in [0.29, 0.717) is 5.75 Å². The molecule has 6 rings (SSSR count). The molecule has 6 nitrogen and oxygen atoms in total. The average Bonchev–Trinajstić information content (AvgIpc) is 3.80. The van der Waals surface area contributed by atoms with Crippen LogP contribution in [0.4, 0.5) is 0 Å². The summed E-state index contributed by atoms with van der Waals surface area (Å²) in [4.78, 5) is 1.22. The molecular weight excluding hydrogens is 520 g/mol. The van der Waals surface area contributed by atoms with Crippen LogP contribution in [0.5, 0.6) is 11.5 Å². The Balaban J connectivity index is 1.27. The van der Waals surface area contributed by atoms with Gasteiger partial charge in [-0.25, -0.2) is 0 Å². The van der Waals surface area contributed by atoms with Gasteiger partial charge in [-0.1, -0.05) is 12.1 Å². The summed E-state index contributed by atoms with van der Waals surface area (Å²) in [6.07, 6.45) is 8.33. The molecule has 3 heterocycles. The van der Waals surface area contributed by atoms with Crippen LogP contribution in [-0.4, -0.2) is 27.2 Å². The van der Waals surface area contributed by atoms with Crippen molar-refractivity contribution in [3.05, 3.63) is 94.3 Å². The highest BCUT2D eigenvalue weighted by Crippen LogP contribution is 2.41. The topological polar surface area (TPSA) is 68.8 Å². The van der Waals surface area contributed by atoms with E-state index in [1.165, 1.54) is 22.4 Å². The van der Waals surface area contributed by atoms with Crippen LogP contribution in [0.3, 0.4) is 0 Å². The lowest BCUT2D eigenvalue weighted by molar-refractivity contribution is 0.167. The molecule has 1 aliphatic rings. The molecule has 3 aromatic heterocycles. The fraction of sp³-hybridized carbons (Fsp3) is 0.333. The molecule has 0 radical (unpaired) electrons. The van der Waals surface area contributed by atoms with Crippen LogP contribution in [0.1, 0.15) is 53.2 Å². The Morgan fingerprint density at radius 2 is 1.70 bits per heavy atom. The highest BCUT2D eigenvalue weighted by molar-refractivity contribution is 7.10. The third kappa shape index (κ3) is 5.55. The van der Waals surface area contributed by atoms with Crippen molar-refractivity contribution in [2.45, 2.75) is 44.3 Å². The van der Waals surface area contributed by atoms with E-state index in [0.717, 1.165) is 72.4 Å². The second kappa shape index (κ2) is 12.3. The molecule has 0 aliphatic heterocycles. The molecule has 40 heavy (non-hydrogen) atoms. The highest BCUT2D eigenvalue weighted by atomic mass is 32.1.